The van der Waals surface area contributed by atoms with Gasteiger partial charge in [-0.3, -0.25) is 0 Å². The van der Waals surface area contributed by atoms with Crippen molar-refractivity contribution in [3.8, 4) is 39.6 Å². The average Bonchev–Trinajstić information content (AvgIpc) is 3.43. The summed E-state index contributed by atoms with van der Waals surface area (Å²) in [5.74, 6) is 2.34. The highest BCUT2D eigenvalue weighted by molar-refractivity contribution is 6.09. The van der Waals surface area contributed by atoms with Crippen LogP contribution >= 0.6 is 0 Å². The summed E-state index contributed by atoms with van der Waals surface area (Å²) in [6, 6.07) is 44.7. The van der Waals surface area contributed by atoms with Crippen molar-refractivity contribution in [1.29, 1.82) is 0 Å². The molecule has 1 aliphatic carbocycles. The molecule has 1 unspecified atom stereocenters. The molecule has 4 nitrogen and oxygen atoms in total. The molecule has 204 valence electrons. The summed E-state index contributed by atoms with van der Waals surface area (Å²) in [5.41, 5.74) is 7.85. The summed E-state index contributed by atoms with van der Waals surface area (Å²) in [7, 11) is 0. The fourth-order valence-corrected chi connectivity index (χ4v) is 5.99. The van der Waals surface area contributed by atoms with Gasteiger partial charge in [-0.25, -0.2) is 15.0 Å². The van der Waals surface area contributed by atoms with Crippen LogP contribution in [0.1, 0.15) is 18.2 Å². The standard InChI is InChI=1S/C39H28N4/c1-3-11-29(12-4-1)37-40-38(30-13-5-2-6-14-30)42-39(41-37)31-21-19-27(20-22-31)28-23-25-32(26-24-28)43-35-17-9-7-15-33(35)34-16-8-10-18-36(34)43/h1-13,15-26,30H,14H2. The van der Waals surface area contributed by atoms with E-state index < -0.39 is 0 Å². The molecule has 0 bridgehead atoms. The Morgan fingerprint density at radius 2 is 1.02 bits per heavy atom. The summed E-state index contributed by atoms with van der Waals surface area (Å²) in [6.45, 7) is 0. The smallest absolute Gasteiger partial charge is 0.163 e. The van der Waals surface area contributed by atoms with Gasteiger partial charge >= 0.3 is 0 Å². The molecule has 43 heavy (non-hydrogen) atoms. The van der Waals surface area contributed by atoms with Gasteiger partial charge in [-0.05, 0) is 41.8 Å². The van der Waals surface area contributed by atoms with Gasteiger partial charge in [0.2, 0.25) is 0 Å². The van der Waals surface area contributed by atoms with Gasteiger partial charge in [-0.2, -0.15) is 0 Å². The van der Waals surface area contributed by atoms with Crippen LogP contribution in [-0.2, 0) is 0 Å². The summed E-state index contributed by atoms with van der Waals surface area (Å²) >= 11 is 0. The number of allylic oxidation sites excluding steroid dienone is 4. The lowest BCUT2D eigenvalue weighted by Gasteiger charge is -2.14. The normalized spacial score (nSPS) is 14.5. The monoisotopic (exact) mass is 552 g/mol. The van der Waals surface area contributed by atoms with Crippen molar-refractivity contribution < 1.29 is 0 Å². The molecule has 0 aliphatic heterocycles. The minimum Gasteiger partial charge on any atom is -0.309 e. The van der Waals surface area contributed by atoms with Crippen LogP contribution in [0.2, 0.25) is 0 Å². The number of nitrogens with zero attached hydrogens (tertiary/aromatic N) is 4. The Morgan fingerprint density at radius 1 is 0.488 bits per heavy atom. The second kappa shape index (κ2) is 10.7. The van der Waals surface area contributed by atoms with Crippen molar-refractivity contribution in [2.75, 3.05) is 0 Å². The van der Waals surface area contributed by atoms with Gasteiger partial charge in [0.15, 0.2) is 11.6 Å². The fourth-order valence-electron chi connectivity index (χ4n) is 5.99. The lowest BCUT2D eigenvalue weighted by atomic mass is 9.99. The van der Waals surface area contributed by atoms with Crippen LogP contribution in [0.15, 0.2) is 152 Å². The van der Waals surface area contributed by atoms with E-state index in [1.54, 1.807) is 0 Å². The topological polar surface area (TPSA) is 43.6 Å². The number of fused-ring (bicyclic) bond motifs is 3. The first-order chi connectivity index (χ1) is 21.3. The van der Waals surface area contributed by atoms with E-state index in [1.165, 1.54) is 21.8 Å². The Bertz CT molecular complexity index is 2080. The molecule has 7 aromatic rings. The van der Waals surface area contributed by atoms with Crippen LogP contribution in [0.5, 0.6) is 0 Å². The van der Waals surface area contributed by atoms with Crippen LogP contribution in [0.4, 0.5) is 0 Å². The van der Waals surface area contributed by atoms with Crippen molar-refractivity contribution in [1.82, 2.24) is 19.5 Å². The molecular weight excluding hydrogens is 524 g/mol. The summed E-state index contributed by atoms with van der Waals surface area (Å²) < 4.78 is 2.34. The first kappa shape index (κ1) is 25.1. The molecular formula is C39H28N4. The third kappa shape index (κ3) is 4.63. The number of aromatic nitrogens is 4. The van der Waals surface area contributed by atoms with Crippen LogP contribution in [-0.4, -0.2) is 19.5 Å². The van der Waals surface area contributed by atoms with Crippen molar-refractivity contribution in [2.24, 2.45) is 0 Å². The van der Waals surface area contributed by atoms with Crippen LogP contribution in [0, 0.1) is 0 Å². The van der Waals surface area contributed by atoms with E-state index in [4.69, 9.17) is 15.0 Å². The van der Waals surface area contributed by atoms with E-state index in [1.807, 2.05) is 30.3 Å². The van der Waals surface area contributed by atoms with Crippen molar-refractivity contribution >= 4 is 21.8 Å². The second-order valence-electron chi connectivity index (χ2n) is 10.9. The van der Waals surface area contributed by atoms with E-state index >= 15 is 0 Å². The third-order valence-corrected chi connectivity index (χ3v) is 8.18. The molecule has 2 heterocycles. The van der Waals surface area contributed by atoms with Crippen LogP contribution in [0.25, 0.3) is 61.4 Å². The molecule has 5 aromatic carbocycles. The molecule has 0 saturated heterocycles. The molecule has 0 fully saturated rings. The lowest BCUT2D eigenvalue weighted by molar-refractivity contribution is 0.764. The van der Waals surface area contributed by atoms with E-state index in [0.717, 1.165) is 40.2 Å². The van der Waals surface area contributed by atoms with Crippen molar-refractivity contribution in [3.63, 3.8) is 0 Å². The van der Waals surface area contributed by atoms with Crippen LogP contribution < -0.4 is 0 Å². The Balaban J connectivity index is 1.13. The molecule has 1 aliphatic rings. The minimum absolute atomic E-state index is 0.140. The number of para-hydroxylation sites is 2. The zero-order chi connectivity index (χ0) is 28.6. The zero-order valence-corrected chi connectivity index (χ0v) is 23.5. The van der Waals surface area contributed by atoms with Crippen molar-refractivity contribution in [3.05, 3.63) is 158 Å². The number of hydrogen-bond acceptors (Lipinski definition) is 3. The van der Waals surface area contributed by atoms with Gasteiger partial charge < -0.3 is 4.57 Å². The predicted octanol–water partition coefficient (Wildman–Crippen LogP) is 9.57. The summed E-state index contributed by atoms with van der Waals surface area (Å²) in [5, 5.41) is 2.54. The highest BCUT2D eigenvalue weighted by Gasteiger charge is 2.17. The molecule has 4 heteroatoms. The van der Waals surface area contributed by atoms with Crippen molar-refractivity contribution in [2.45, 2.75) is 12.3 Å². The first-order valence-corrected chi connectivity index (χ1v) is 14.7. The van der Waals surface area contributed by atoms with Gasteiger partial charge in [0.05, 0.1) is 11.0 Å². The average molecular weight is 553 g/mol. The zero-order valence-electron chi connectivity index (χ0n) is 23.5. The summed E-state index contributed by atoms with van der Waals surface area (Å²) in [4.78, 5) is 14.7. The van der Waals surface area contributed by atoms with Gasteiger partial charge in [0.25, 0.3) is 0 Å². The number of benzene rings is 5. The van der Waals surface area contributed by atoms with Gasteiger partial charge in [0, 0.05) is 33.5 Å². The molecule has 0 amide bonds. The van der Waals surface area contributed by atoms with E-state index in [9.17, 15) is 0 Å². The Hall–Kier alpha value is -5.61. The maximum Gasteiger partial charge on any atom is 0.163 e. The van der Waals surface area contributed by atoms with Crippen LogP contribution in [0.3, 0.4) is 0 Å². The minimum atomic E-state index is 0.140. The Labute approximate surface area is 250 Å². The Morgan fingerprint density at radius 3 is 1.63 bits per heavy atom. The number of rotatable bonds is 5. The summed E-state index contributed by atoms with van der Waals surface area (Å²) in [6.07, 6.45) is 9.36. The molecule has 1 atom stereocenters. The number of hydrogen-bond donors (Lipinski definition) is 0. The van der Waals surface area contributed by atoms with E-state index in [-0.39, 0.29) is 5.92 Å². The second-order valence-corrected chi connectivity index (χ2v) is 10.9. The van der Waals surface area contributed by atoms with E-state index in [2.05, 4.69) is 126 Å². The molecule has 0 saturated carbocycles. The largest absolute Gasteiger partial charge is 0.309 e. The molecule has 8 rings (SSSR count). The quantitative estimate of drug-likeness (QED) is 0.214. The van der Waals surface area contributed by atoms with E-state index in [0.29, 0.717) is 11.6 Å². The highest BCUT2D eigenvalue weighted by atomic mass is 15.0. The third-order valence-electron chi connectivity index (χ3n) is 8.18. The van der Waals surface area contributed by atoms with Gasteiger partial charge in [-0.15, -0.1) is 0 Å². The lowest BCUT2D eigenvalue weighted by Crippen LogP contribution is -2.07. The molecule has 0 radical (unpaired) electrons. The molecule has 2 aromatic heterocycles. The first-order valence-electron chi connectivity index (χ1n) is 14.7. The molecule has 0 N–H and O–H groups in total. The van der Waals surface area contributed by atoms with Gasteiger partial charge in [-0.1, -0.05) is 127 Å². The maximum absolute atomic E-state index is 4.93. The molecule has 0 spiro atoms. The van der Waals surface area contributed by atoms with Gasteiger partial charge in [0.1, 0.15) is 5.82 Å². The SMILES string of the molecule is C1=CCC(c2nc(-c3ccccc3)nc(-c3ccc(-c4ccc(-n5c6ccccc6c6ccccc65)cc4)cc3)n2)C=C1. The fraction of sp³-hybridized carbons (Fsp3) is 0.0513. The highest BCUT2D eigenvalue weighted by Crippen LogP contribution is 2.33. The Kier molecular flexibility index (Phi) is 6.23. The predicted molar refractivity (Wildman–Crippen MR) is 176 cm³/mol. The maximum atomic E-state index is 4.93.